The van der Waals surface area contributed by atoms with Gasteiger partial charge in [0.2, 0.25) is 10.0 Å². The number of aromatic nitrogens is 6. The molecule has 1 fully saturated rings. The minimum Gasteiger partial charge on any atom is -0.337 e. The van der Waals surface area contributed by atoms with Crippen LogP contribution in [-0.4, -0.2) is 62.1 Å². The molecule has 3 aromatic rings. The predicted molar refractivity (Wildman–Crippen MR) is 91.9 cm³/mol. The lowest BCUT2D eigenvalue weighted by Gasteiger charge is -2.34. The van der Waals surface area contributed by atoms with Gasteiger partial charge in [0.05, 0.1) is 16.6 Å². The van der Waals surface area contributed by atoms with E-state index in [9.17, 15) is 8.42 Å². The SMILES string of the molecule is Cn1ccnc1C1CNCCN1S(=O)(=O)c1ccc(-n2cnnn2)cc1. The second-order valence-corrected chi connectivity index (χ2v) is 7.87. The number of hydrogen-bond acceptors (Lipinski definition) is 7. The maximum absolute atomic E-state index is 13.2. The van der Waals surface area contributed by atoms with E-state index in [4.69, 9.17) is 0 Å². The van der Waals surface area contributed by atoms with Gasteiger partial charge in [-0.1, -0.05) is 0 Å². The van der Waals surface area contributed by atoms with Crippen LogP contribution < -0.4 is 5.32 Å². The number of nitrogens with zero attached hydrogens (tertiary/aromatic N) is 7. The number of imidazole rings is 1. The molecule has 11 heteroatoms. The normalized spacial score (nSPS) is 18.9. The van der Waals surface area contributed by atoms with Crippen molar-refractivity contribution in [2.45, 2.75) is 10.9 Å². The van der Waals surface area contributed by atoms with Crippen LogP contribution in [0.2, 0.25) is 0 Å². The van der Waals surface area contributed by atoms with E-state index in [0.29, 0.717) is 31.1 Å². The maximum atomic E-state index is 13.2. The molecule has 0 spiro atoms. The Hall–Kier alpha value is -2.63. The Bertz CT molecular complexity index is 981. The van der Waals surface area contributed by atoms with Gasteiger partial charge in [-0.3, -0.25) is 0 Å². The first-order chi connectivity index (χ1) is 12.6. The molecule has 2 aromatic heterocycles. The predicted octanol–water partition coefficient (Wildman–Crippen LogP) is -0.269. The van der Waals surface area contributed by atoms with Crippen LogP contribution in [-0.2, 0) is 17.1 Å². The number of benzene rings is 1. The highest BCUT2D eigenvalue weighted by molar-refractivity contribution is 7.89. The van der Waals surface area contributed by atoms with Gasteiger partial charge in [0.1, 0.15) is 12.2 Å². The van der Waals surface area contributed by atoms with E-state index in [1.54, 1.807) is 30.5 Å². The fourth-order valence-corrected chi connectivity index (χ4v) is 4.66. The quantitative estimate of drug-likeness (QED) is 0.669. The Labute approximate surface area is 150 Å². The molecule has 0 radical (unpaired) electrons. The van der Waals surface area contributed by atoms with E-state index < -0.39 is 10.0 Å². The van der Waals surface area contributed by atoms with Crippen LogP contribution in [0, 0.1) is 0 Å². The molecule has 1 unspecified atom stereocenters. The molecule has 1 N–H and O–H groups in total. The van der Waals surface area contributed by atoms with Crippen molar-refractivity contribution in [3.8, 4) is 5.69 Å². The zero-order valence-corrected chi connectivity index (χ0v) is 14.9. The molecule has 0 saturated carbocycles. The van der Waals surface area contributed by atoms with E-state index in [1.165, 1.54) is 15.3 Å². The fraction of sp³-hybridized carbons (Fsp3) is 0.333. The summed E-state index contributed by atoms with van der Waals surface area (Å²) in [7, 11) is -1.80. The zero-order valence-electron chi connectivity index (χ0n) is 14.1. The number of piperazine rings is 1. The number of rotatable bonds is 4. The molecule has 1 aliphatic rings. The molecule has 3 heterocycles. The van der Waals surface area contributed by atoms with E-state index in [2.05, 4.69) is 25.8 Å². The van der Waals surface area contributed by atoms with Gasteiger partial charge in [-0.2, -0.15) is 4.31 Å². The molecule has 10 nitrogen and oxygen atoms in total. The summed E-state index contributed by atoms with van der Waals surface area (Å²) in [6.07, 6.45) is 4.95. The number of sulfonamides is 1. The van der Waals surface area contributed by atoms with Crippen LogP contribution >= 0.6 is 0 Å². The van der Waals surface area contributed by atoms with Crippen molar-refractivity contribution in [1.82, 2.24) is 39.4 Å². The molecule has 1 atom stereocenters. The first-order valence-electron chi connectivity index (χ1n) is 8.10. The smallest absolute Gasteiger partial charge is 0.243 e. The first-order valence-corrected chi connectivity index (χ1v) is 9.54. The van der Waals surface area contributed by atoms with Crippen molar-refractivity contribution in [2.75, 3.05) is 19.6 Å². The summed E-state index contributed by atoms with van der Waals surface area (Å²) >= 11 is 0. The lowest BCUT2D eigenvalue weighted by molar-refractivity contribution is 0.258. The van der Waals surface area contributed by atoms with Crippen molar-refractivity contribution in [3.63, 3.8) is 0 Å². The number of aryl methyl sites for hydroxylation is 1. The van der Waals surface area contributed by atoms with Gasteiger partial charge in [-0.05, 0) is 34.7 Å². The Kier molecular flexibility index (Phi) is 4.26. The van der Waals surface area contributed by atoms with Crippen LogP contribution in [0.25, 0.3) is 5.69 Å². The lowest BCUT2D eigenvalue weighted by atomic mass is 10.2. The molecule has 0 amide bonds. The number of tetrazole rings is 1. The molecule has 26 heavy (non-hydrogen) atoms. The van der Waals surface area contributed by atoms with Crippen molar-refractivity contribution < 1.29 is 8.42 Å². The van der Waals surface area contributed by atoms with Gasteiger partial charge in [-0.15, -0.1) is 5.10 Å². The lowest BCUT2D eigenvalue weighted by Crippen LogP contribution is -2.49. The summed E-state index contributed by atoms with van der Waals surface area (Å²) in [5.74, 6) is 0.714. The molecule has 136 valence electrons. The van der Waals surface area contributed by atoms with Gasteiger partial charge < -0.3 is 9.88 Å². The highest BCUT2D eigenvalue weighted by Crippen LogP contribution is 2.28. The summed E-state index contributed by atoms with van der Waals surface area (Å²) in [4.78, 5) is 4.57. The topological polar surface area (TPSA) is 111 Å². The third-order valence-electron chi connectivity index (χ3n) is 4.41. The zero-order chi connectivity index (χ0) is 18.1. The second-order valence-electron chi connectivity index (χ2n) is 5.98. The molecule has 0 bridgehead atoms. The van der Waals surface area contributed by atoms with Crippen LogP contribution in [0.4, 0.5) is 0 Å². The Balaban J connectivity index is 1.67. The Morgan fingerprint density at radius 3 is 2.69 bits per heavy atom. The average molecular weight is 374 g/mol. The molecule has 1 saturated heterocycles. The second kappa shape index (κ2) is 6.59. The van der Waals surface area contributed by atoms with Crippen molar-refractivity contribution >= 4 is 10.0 Å². The van der Waals surface area contributed by atoms with E-state index in [1.807, 2.05) is 17.8 Å². The molecular weight excluding hydrogens is 356 g/mol. The summed E-state index contributed by atoms with van der Waals surface area (Å²) in [6.45, 7) is 1.50. The van der Waals surface area contributed by atoms with Gasteiger partial charge >= 0.3 is 0 Å². The van der Waals surface area contributed by atoms with Gasteiger partial charge in [0.25, 0.3) is 0 Å². The Morgan fingerprint density at radius 2 is 2.04 bits per heavy atom. The van der Waals surface area contributed by atoms with Crippen molar-refractivity contribution in [2.24, 2.45) is 7.05 Å². The maximum Gasteiger partial charge on any atom is 0.243 e. The van der Waals surface area contributed by atoms with E-state index in [-0.39, 0.29) is 10.9 Å². The third-order valence-corrected chi connectivity index (χ3v) is 6.33. The van der Waals surface area contributed by atoms with Gasteiger partial charge in [0, 0.05) is 39.1 Å². The van der Waals surface area contributed by atoms with Gasteiger partial charge in [-0.25, -0.2) is 18.1 Å². The highest BCUT2D eigenvalue weighted by Gasteiger charge is 2.36. The summed E-state index contributed by atoms with van der Waals surface area (Å²) in [5.41, 5.74) is 0.690. The highest BCUT2D eigenvalue weighted by atomic mass is 32.2. The van der Waals surface area contributed by atoms with Crippen molar-refractivity contribution in [1.29, 1.82) is 0 Å². The van der Waals surface area contributed by atoms with E-state index >= 15 is 0 Å². The molecule has 4 rings (SSSR count). The summed E-state index contributed by atoms with van der Waals surface area (Å²) in [5, 5.41) is 14.2. The largest absolute Gasteiger partial charge is 0.337 e. The van der Waals surface area contributed by atoms with Crippen LogP contribution in [0.3, 0.4) is 0 Å². The molecule has 1 aromatic carbocycles. The number of nitrogens with one attached hydrogen (secondary N) is 1. The van der Waals surface area contributed by atoms with Crippen LogP contribution in [0.1, 0.15) is 11.9 Å². The average Bonchev–Trinajstić information content (AvgIpc) is 3.33. The third kappa shape index (κ3) is 2.89. The van der Waals surface area contributed by atoms with E-state index in [0.717, 1.165) is 0 Å². The molecule has 0 aliphatic carbocycles. The minimum atomic E-state index is -3.66. The first kappa shape index (κ1) is 16.8. The minimum absolute atomic E-state index is 0.232. The van der Waals surface area contributed by atoms with Gasteiger partial charge in [0.15, 0.2) is 0 Å². The monoisotopic (exact) mass is 374 g/mol. The number of hydrogen-bond donors (Lipinski definition) is 1. The molecule has 1 aliphatic heterocycles. The standard InChI is InChI=1S/C15H18N8O2S/c1-21-8-7-17-15(21)14-10-16-6-9-23(14)26(24,25)13-4-2-12(3-5-13)22-11-18-19-20-22/h2-5,7-8,11,14,16H,6,9-10H2,1H3. The van der Waals surface area contributed by atoms with Crippen molar-refractivity contribution in [3.05, 3.63) is 48.8 Å². The summed E-state index contributed by atoms with van der Waals surface area (Å²) < 4.78 is 31.3. The van der Waals surface area contributed by atoms with Crippen LogP contribution in [0.15, 0.2) is 47.9 Å². The fourth-order valence-electron chi connectivity index (χ4n) is 3.08. The Morgan fingerprint density at radius 1 is 1.23 bits per heavy atom. The summed E-state index contributed by atoms with van der Waals surface area (Å²) in [6, 6.07) is 6.16. The van der Waals surface area contributed by atoms with Crippen LogP contribution in [0.5, 0.6) is 0 Å². The molecular formula is C15H18N8O2S.